The van der Waals surface area contributed by atoms with Gasteiger partial charge in [-0.25, -0.2) is 9.37 Å². The number of fused-ring (bicyclic) bond motifs is 1. The summed E-state index contributed by atoms with van der Waals surface area (Å²) in [6, 6.07) is 5.52. The minimum atomic E-state index is -0.656. The summed E-state index contributed by atoms with van der Waals surface area (Å²) in [5.41, 5.74) is 3.28. The summed E-state index contributed by atoms with van der Waals surface area (Å²) < 4.78 is 15.8. The highest BCUT2D eigenvalue weighted by atomic mass is 19.1. The topological polar surface area (TPSA) is 91.0 Å². The van der Waals surface area contributed by atoms with Gasteiger partial charge in [0.15, 0.2) is 0 Å². The van der Waals surface area contributed by atoms with Crippen molar-refractivity contribution in [1.82, 2.24) is 14.5 Å². The number of amides is 2. The second-order valence-electron chi connectivity index (χ2n) is 11.4. The number of likely N-dealkylation sites (tertiary alicyclic amines) is 1. The van der Waals surface area contributed by atoms with E-state index >= 15 is 0 Å². The Morgan fingerprint density at radius 3 is 2.63 bits per heavy atom. The van der Waals surface area contributed by atoms with E-state index in [9.17, 15) is 14.0 Å². The fourth-order valence-corrected chi connectivity index (χ4v) is 6.39. The van der Waals surface area contributed by atoms with Gasteiger partial charge in [-0.1, -0.05) is 12.8 Å². The Balaban J connectivity index is 1.43. The Bertz CT molecular complexity index is 1460. The first-order valence-electron chi connectivity index (χ1n) is 13.4. The summed E-state index contributed by atoms with van der Waals surface area (Å²) in [5.74, 6) is -0.347. The van der Waals surface area contributed by atoms with Crippen LogP contribution in [-0.2, 0) is 11.8 Å². The first-order chi connectivity index (χ1) is 18.1. The van der Waals surface area contributed by atoms with Gasteiger partial charge in [-0.3, -0.25) is 9.59 Å². The molecular formula is C30H34FN5O2. The maximum Gasteiger partial charge on any atom is 0.255 e. The Morgan fingerprint density at radius 2 is 1.95 bits per heavy atom. The number of rotatable bonds is 4. The van der Waals surface area contributed by atoms with Crippen LogP contribution in [0.15, 0.2) is 30.6 Å². The van der Waals surface area contributed by atoms with Crippen molar-refractivity contribution in [2.75, 3.05) is 11.9 Å². The van der Waals surface area contributed by atoms with Gasteiger partial charge in [0.05, 0.1) is 17.4 Å². The molecule has 1 N–H and O–H groups in total. The van der Waals surface area contributed by atoms with E-state index in [2.05, 4.69) is 35.2 Å². The van der Waals surface area contributed by atoms with Crippen LogP contribution in [-0.4, -0.2) is 38.3 Å². The number of nitrogens with one attached hydrogen (secondary N) is 1. The molecule has 1 aliphatic carbocycles. The van der Waals surface area contributed by atoms with E-state index in [0.29, 0.717) is 11.6 Å². The van der Waals surface area contributed by atoms with Crippen LogP contribution in [0.3, 0.4) is 0 Å². The quantitative estimate of drug-likeness (QED) is 0.474. The highest BCUT2D eigenvalue weighted by Crippen LogP contribution is 2.43. The summed E-state index contributed by atoms with van der Waals surface area (Å²) in [5, 5.41) is 13.0. The van der Waals surface area contributed by atoms with Crippen LogP contribution in [0.5, 0.6) is 0 Å². The molecule has 7 nitrogen and oxygen atoms in total. The van der Waals surface area contributed by atoms with Gasteiger partial charge in [0.25, 0.3) is 5.91 Å². The van der Waals surface area contributed by atoms with Crippen LogP contribution in [0.2, 0.25) is 0 Å². The van der Waals surface area contributed by atoms with Crippen LogP contribution in [0.1, 0.15) is 85.3 Å². The lowest BCUT2D eigenvalue weighted by atomic mass is 9.78. The van der Waals surface area contributed by atoms with Gasteiger partial charge in [-0.15, -0.1) is 0 Å². The van der Waals surface area contributed by atoms with Crippen LogP contribution in [0, 0.1) is 30.0 Å². The number of benzene rings is 1. The zero-order chi connectivity index (χ0) is 27.2. The average molecular weight is 516 g/mol. The Morgan fingerprint density at radius 1 is 1.21 bits per heavy atom. The summed E-state index contributed by atoms with van der Waals surface area (Å²) in [6.07, 6.45) is 9.81. The zero-order valence-electron chi connectivity index (χ0n) is 22.5. The molecule has 1 aromatic carbocycles. The number of aromatic nitrogens is 2. The number of nitriles is 1. The molecule has 1 saturated carbocycles. The SMILES string of the molecule is Cc1c(NC(=O)c2ccc(F)c(C#N)c2)cnc2c1c(C1CCN(C(=O)C3CCCC3)C(C)(C)C1)cn2C. The Kier molecular flexibility index (Phi) is 6.72. The molecule has 5 rings (SSSR count). The number of carbonyl (C=O) groups is 2. The van der Waals surface area contributed by atoms with Crippen molar-refractivity contribution in [2.45, 2.75) is 70.8 Å². The molecule has 0 bridgehead atoms. The van der Waals surface area contributed by atoms with E-state index in [1.807, 2.05) is 18.5 Å². The van der Waals surface area contributed by atoms with Crippen molar-refractivity contribution in [3.05, 3.63) is 58.7 Å². The van der Waals surface area contributed by atoms with Gasteiger partial charge < -0.3 is 14.8 Å². The number of halogens is 1. The number of anilines is 1. The second-order valence-corrected chi connectivity index (χ2v) is 11.4. The molecule has 2 aliphatic rings. The smallest absolute Gasteiger partial charge is 0.255 e. The van der Waals surface area contributed by atoms with Crippen LogP contribution < -0.4 is 5.32 Å². The average Bonchev–Trinajstić information content (AvgIpc) is 3.54. The molecule has 198 valence electrons. The predicted molar refractivity (Wildman–Crippen MR) is 144 cm³/mol. The summed E-state index contributed by atoms with van der Waals surface area (Å²) in [4.78, 5) is 33.0. The van der Waals surface area contributed by atoms with Gasteiger partial charge in [0.2, 0.25) is 5.91 Å². The molecule has 8 heteroatoms. The lowest BCUT2D eigenvalue weighted by Crippen LogP contribution is -2.53. The first-order valence-corrected chi connectivity index (χ1v) is 13.4. The zero-order valence-corrected chi connectivity index (χ0v) is 22.5. The van der Waals surface area contributed by atoms with Gasteiger partial charge in [-0.2, -0.15) is 5.26 Å². The minimum Gasteiger partial charge on any atom is -0.337 e. The molecule has 38 heavy (non-hydrogen) atoms. The van der Waals surface area contributed by atoms with Gasteiger partial charge in [0.1, 0.15) is 17.5 Å². The third-order valence-electron chi connectivity index (χ3n) is 8.46. The van der Waals surface area contributed by atoms with E-state index in [1.165, 1.54) is 17.7 Å². The molecule has 1 aliphatic heterocycles. The van der Waals surface area contributed by atoms with Gasteiger partial charge >= 0.3 is 0 Å². The summed E-state index contributed by atoms with van der Waals surface area (Å²) >= 11 is 0. The maximum atomic E-state index is 13.7. The van der Waals surface area contributed by atoms with E-state index < -0.39 is 11.7 Å². The summed E-state index contributed by atoms with van der Waals surface area (Å²) in [6.45, 7) is 7.05. The predicted octanol–water partition coefficient (Wildman–Crippen LogP) is 5.82. The van der Waals surface area contributed by atoms with Gasteiger partial charge in [-0.05, 0) is 81.7 Å². The van der Waals surface area contributed by atoms with Crippen molar-refractivity contribution in [2.24, 2.45) is 13.0 Å². The van der Waals surface area contributed by atoms with Crippen molar-refractivity contribution in [3.8, 4) is 6.07 Å². The molecule has 1 unspecified atom stereocenters. The van der Waals surface area contributed by atoms with Crippen LogP contribution >= 0.6 is 0 Å². The lowest BCUT2D eigenvalue weighted by molar-refractivity contribution is -0.143. The highest BCUT2D eigenvalue weighted by molar-refractivity contribution is 6.06. The first kappa shape index (κ1) is 25.9. The standard InChI is InChI=1S/C30H34FN5O2/c1-18-25(34-28(37)20-9-10-24(31)22(13-20)15-32)16-33-27-26(18)23(17-35(27)4)21-11-12-36(30(2,3)14-21)29(38)19-7-5-6-8-19/h9-10,13,16-17,19,21H,5-8,11-12,14H2,1-4H3,(H,34,37). The number of carbonyl (C=O) groups excluding carboxylic acids is 2. The van der Waals surface area contributed by atoms with Crippen molar-refractivity contribution < 1.29 is 14.0 Å². The van der Waals surface area contributed by atoms with Crippen molar-refractivity contribution in [1.29, 1.82) is 5.26 Å². The van der Waals surface area contributed by atoms with E-state index in [-0.39, 0.29) is 28.5 Å². The van der Waals surface area contributed by atoms with E-state index in [1.54, 1.807) is 12.3 Å². The molecule has 2 fully saturated rings. The Labute approximate surface area is 222 Å². The number of hydrogen-bond acceptors (Lipinski definition) is 4. The molecular weight excluding hydrogens is 481 g/mol. The molecule has 2 aromatic heterocycles. The number of pyridine rings is 1. The maximum absolute atomic E-state index is 13.7. The normalized spacial score (nSPS) is 19.5. The fraction of sp³-hybridized carbons (Fsp3) is 0.467. The molecule has 0 radical (unpaired) electrons. The third-order valence-corrected chi connectivity index (χ3v) is 8.46. The van der Waals surface area contributed by atoms with Crippen LogP contribution in [0.4, 0.5) is 10.1 Å². The number of piperidine rings is 1. The molecule has 1 saturated heterocycles. The van der Waals surface area contributed by atoms with Crippen molar-refractivity contribution >= 4 is 28.5 Å². The summed E-state index contributed by atoms with van der Waals surface area (Å²) in [7, 11) is 1.97. The second kappa shape index (κ2) is 9.86. The fourth-order valence-electron chi connectivity index (χ4n) is 6.39. The molecule has 0 spiro atoms. The Hall–Kier alpha value is -3.73. The molecule has 1 atom stereocenters. The van der Waals surface area contributed by atoms with E-state index in [4.69, 9.17) is 5.26 Å². The van der Waals surface area contributed by atoms with E-state index in [0.717, 1.165) is 67.7 Å². The van der Waals surface area contributed by atoms with Crippen LogP contribution in [0.25, 0.3) is 11.0 Å². The number of aryl methyl sites for hydroxylation is 2. The molecule has 3 aromatic rings. The number of hydrogen-bond donors (Lipinski definition) is 1. The monoisotopic (exact) mass is 515 g/mol. The third kappa shape index (κ3) is 4.55. The molecule has 3 heterocycles. The van der Waals surface area contributed by atoms with Crippen molar-refractivity contribution in [3.63, 3.8) is 0 Å². The van der Waals surface area contributed by atoms with Gasteiger partial charge in [0, 0.05) is 42.2 Å². The minimum absolute atomic E-state index is 0.173. The largest absolute Gasteiger partial charge is 0.337 e. The number of nitrogens with zero attached hydrogens (tertiary/aromatic N) is 4. The molecule has 2 amide bonds. The lowest BCUT2D eigenvalue weighted by Gasteiger charge is -2.46. The highest BCUT2D eigenvalue weighted by Gasteiger charge is 2.41.